The number of methoxy groups -OCH3 is 1. The first-order valence-electron chi connectivity index (χ1n) is 24.4. The van der Waals surface area contributed by atoms with Gasteiger partial charge in [-0.2, -0.15) is 0 Å². The molecule has 4 bridgehead atoms. The summed E-state index contributed by atoms with van der Waals surface area (Å²) in [6.45, 7) is 9.03. The Morgan fingerprint density at radius 3 is 2.58 bits per heavy atom. The fourth-order valence-electron chi connectivity index (χ4n) is 12.8. The lowest BCUT2D eigenvalue weighted by molar-refractivity contribution is -0.194. The van der Waals surface area contributed by atoms with E-state index in [1.54, 1.807) is 7.11 Å². The van der Waals surface area contributed by atoms with Crippen LogP contribution in [0.2, 0.25) is 0 Å². The Balaban J connectivity index is 1.32. The zero-order valence-corrected chi connectivity index (χ0v) is 39.6. The molecular formula is C54H80N2O9. The molecule has 0 aromatic heterocycles. The van der Waals surface area contributed by atoms with Gasteiger partial charge in [0.15, 0.2) is 0 Å². The van der Waals surface area contributed by atoms with Crippen LogP contribution in [-0.4, -0.2) is 120 Å². The van der Waals surface area contributed by atoms with Crippen LogP contribution >= 0.6 is 0 Å². The molecule has 1 spiro atoms. The molecule has 3 fully saturated rings. The van der Waals surface area contributed by atoms with Crippen molar-refractivity contribution in [1.82, 2.24) is 10.6 Å². The number of rotatable bonds is 19. The van der Waals surface area contributed by atoms with Gasteiger partial charge in [0.2, 0.25) is 0 Å². The lowest BCUT2D eigenvalue weighted by Crippen LogP contribution is -2.65. The van der Waals surface area contributed by atoms with Crippen molar-refractivity contribution in [3.05, 3.63) is 106 Å². The highest BCUT2D eigenvalue weighted by Gasteiger charge is 2.68. The summed E-state index contributed by atoms with van der Waals surface area (Å²) in [4.78, 5) is 12.5. The molecule has 8 N–H and O–H groups in total. The molecule has 0 radical (unpaired) electrons. The first-order valence-corrected chi connectivity index (χ1v) is 24.4. The van der Waals surface area contributed by atoms with Crippen LogP contribution in [0.5, 0.6) is 0 Å². The Labute approximate surface area is 388 Å². The third-order valence-corrected chi connectivity index (χ3v) is 16.3. The molecule has 4 aliphatic carbocycles. The molecule has 1 aliphatic heterocycles. The van der Waals surface area contributed by atoms with E-state index in [9.17, 15) is 35.4 Å². The van der Waals surface area contributed by atoms with E-state index in [0.29, 0.717) is 63.2 Å². The number of aldehydes is 1. The summed E-state index contributed by atoms with van der Waals surface area (Å²) in [5.41, 5.74) is 4.00. The van der Waals surface area contributed by atoms with Crippen LogP contribution < -0.4 is 10.6 Å². The predicted molar refractivity (Wildman–Crippen MR) is 256 cm³/mol. The third-order valence-electron chi connectivity index (χ3n) is 16.3. The van der Waals surface area contributed by atoms with Crippen LogP contribution in [0.3, 0.4) is 0 Å². The second kappa shape index (κ2) is 23.3. The van der Waals surface area contributed by atoms with Crippen molar-refractivity contribution in [2.24, 2.45) is 40.9 Å². The Hall–Kier alpha value is -3.07. The number of aliphatic hydroxyl groups excluding tert-OH is 5. The first-order chi connectivity index (χ1) is 31.3. The largest absolute Gasteiger partial charge is 0.396 e. The van der Waals surface area contributed by atoms with Crippen molar-refractivity contribution in [1.29, 1.82) is 0 Å². The Bertz CT molecular complexity index is 1920. The van der Waals surface area contributed by atoms with Crippen molar-refractivity contribution < 1.29 is 44.9 Å². The molecule has 11 atom stereocenters. The average molecular weight is 901 g/mol. The zero-order valence-electron chi connectivity index (χ0n) is 39.6. The minimum Gasteiger partial charge on any atom is -0.396 e. The topological polar surface area (TPSA) is 181 Å². The summed E-state index contributed by atoms with van der Waals surface area (Å²) in [6.07, 6.45) is 20.2. The SMILES string of the molecule is C=C(/C=C/C=C(/COC[C@H](O)CO)[C@@H]1CC[C@]2([C@@H]1O)[C@@H]1C(=C(C)C=O)[C@@H](C=C[C@H]1CCO)C[C@]2(O)CCNC)[C@@H]1C/C=C(\C)[C@H](O)N[C@](CCOC)(C2CCCC2)Cc2cccc(c2)C1. The highest BCUT2D eigenvalue weighted by molar-refractivity contribution is 5.74. The summed E-state index contributed by atoms with van der Waals surface area (Å²) >= 11 is 0. The molecule has 0 amide bonds. The van der Waals surface area contributed by atoms with E-state index in [1.165, 1.54) is 24.0 Å². The third kappa shape index (κ3) is 11.3. The molecule has 0 unspecified atom stereocenters. The summed E-state index contributed by atoms with van der Waals surface area (Å²) in [6, 6.07) is 8.85. The van der Waals surface area contributed by atoms with Gasteiger partial charge in [0.1, 0.15) is 18.6 Å². The van der Waals surface area contributed by atoms with Gasteiger partial charge in [-0.1, -0.05) is 91.3 Å². The smallest absolute Gasteiger partial charge is 0.145 e. The molecule has 0 saturated heterocycles. The molecule has 1 aromatic rings. The predicted octanol–water partition coefficient (Wildman–Crippen LogP) is 5.84. The molecule has 1 heterocycles. The molecule has 6 rings (SSSR count). The summed E-state index contributed by atoms with van der Waals surface area (Å²) in [5.74, 6) is -0.678. The van der Waals surface area contributed by atoms with Crippen LogP contribution in [0.1, 0.15) is 95.6 Å². The number of hydrogen-bond acceptors (Lipinski definition) is 11. The van der Waals surface area contributed by atoms with E-state index < -0.39 is 42.0 Å². The van der Waals surface area contributed by atoms with E-state index in [0.717, 1.165) is 60.7 Å². The number of aliphatic hydroxyl groups is 6. The summed E-state index contributed by atoms with van der Waals surface area (Å²) in [5, 5.41) is 74.7. The monoisotopic (exact) mass is 901 g/mol. The number of ether oxygens (including phenoxy) is 2. The maximum atomic E-state index is 13.0. The van der Waals surface area contributed by atoms with Gasteiger partial charge < -0.3 is 45.4 Å². The number of benzene rings is 1. The average Bonchev–Trinajstić information content (AvgIpc) is 3.97. The van der Waals surface area contributed by atoms with E-state index in [2.05, 4.69) is 59.7 Å². The number of carbonyl (C=O) groups is 1. The standard InChI is InChI=1S/C54H80N2O9/c1-36(42-17-16-37(2)51(62)56-52(24-27-64-5,45-14-6-7-15-45)30-40-12-9-11-39(28-40)29-42)10-8-13-44(34-65-35-46(60)33-59)47-20-22-54(50(47)61)49-41(21-26-57)18-19-43(48(49)38(3)32-58)31-53(54,63)23-25-55-4/h8-13,16,18-19,28,32,41-43,45-47,49-51,55-57,59-63H,1,6-7,14-15,17,20-27,29-31,33-35H2,2-5H3/b10-8+,37-16+,44-13-,48-38?/t41-,42+,43-,46+,47-,49-,50+,51-,52-,53+,54+/m0/s1. The highest BCUT2D eigenvalue weighted by atomic mass is 16.5. The lowest BCUT2D eigenvalue weighted by atomic mass is 9.45. The summed E-state index contributed by atoms with van der Waals surface area (Å²) < 4.78 is 11.7. The quantitative estimate of drug-likeness (QED) is 0.0362. The Morgan fingerprint density at radius 1 is 1.11 bits per heavy atom. The van der Waals surface area contributed by atoms with E-state index in [-0.39, 0.29) is 49.0 Å². The van der Waals surface area contributed by atoms with Gasteiger partial charge in [0.25, 0.3) is 0 Å². The number of allylic oxidation sites excluding steroid dienone is 9. The van der Waals surface area contributed by atoms with Gasteiger partial charge in [-0.25, -0.2) is 0 Å². The number of nitrogens with one attached hydrogen (secondary N) is 2. The molecule has 360 valence electrons. The van der Waals surface area contributed by atoms with Gasteiger partial charge in [-0.05, 0) is 150 Å². The summed E-state index contributed by atoms with van der Waals surface area (Å²) in [7, 11) is 3.60. The first kappa shape index (κ1) is 51.3. The van der Waals surface area contributed by atoms with Gasteiger partial charge in [0, 0.05) is 43.1 Å². The second-order valence-electron chi connectivity index (χ2n) is 20.2. The van der Waals surface area contributed by atoms with Crippen molar-refractivity contribution in [3.8, 4) is 0 Å². The normalized spacial score (nSPS) is 35.4. The Kier molecular flexibility index (Phi) is 18.4. The Morgan fingerprint density at radius 2 is 1.88 bits per heavy atom. The lowest BCUT2D eigenvalue weighted by Gasteiger charge is -2.61. The van der Waals surface area contributed by atoms with Crippen LogP contribution in [0.25, 0.3) is 0 Å². The maximum Gasteiger partial charge on any atom is 0.145 e. The van der Waals surface area contributed by atoms with Gasteiger partial charge in [-0.3, -0.25) is 10.1 Å². The molecule has 1 aromatic carbocycles. The highest BCUT2D eigenvalue weighted by Crippen LogP contribution is 2.67. The number of hydrogen-bond donors (Lipinski definition) is 8. The zero-order chi connectivity index (χ0) is 46.8. The maximum absolute atomic E-state index is 13.0. The molecule has 11 nitrogen and oxygen atoms in total. The van der Waals surface area contributed by atoms with E-state index in [4.69, 9.17) is 9.47 Å². The van der Waals surface area contributed by atoms with Crippen LogP contribution in [-0.2, 0) is 27.1 Å². The van der Waals surface area contributed by atoms with Crippen molar-refractivity contribution >= 4 is 6.29 Å². The number of fused-ring (bicyclic) bond motifs is 5. The van der Waals surface area contributed by atoms with E-state index in [1.807, 2.05) is 39.1 Å². The van der Waals surface area contributed by atoms with Crippen molar-refractivity contribution in [3.63, 3.8) is 0 Å². The van der Waals surface area contributed by atoms with Gasteiger partial charge in [0.05, 0.1) is 31.5 Å². The minimum absolute atomic E-state index is 0.0238. The molecule has 3 saturated carbocycles. The van der Waals surface area contributed by atoms with Crippen molar-refractivity contribution in [2.45, 2.75) is 127 Å². The van der Waals surface area contributed by atoms with Gasteiger partial charge in [-0.15, -0.1) is 0 Å². The minimum atomic E-state index is -1.28. The fraction of sp³-hybridized carbons (Fsp3) is 0.648. The number of carbonyl (C=O) groups excluding carboxylic acids is 1. The molecular weight excluding hydrogens is 821 g/mol. The molecule has 65 heavy (non-hydrogen) atoms. The van der Waals surface area contributed by atoms with Crippen molar-refractivity contribution in [2.75, 3.05) is 53.7 Å². The van der Waals surface area contributed by atoms with Crippen LogP contribution in [0.15, 0.2) is 95.2 Å². The molecule has 11 heteroatoms. The van der Waals surface area contributed by atoms with Gasteiger partial charge >= 0.3 is 0 Å². The van der Waals surface area contributed by atoms with Crippen LogP contribution in [0, 0.1) is 40.9 Å². The second-order valence-corrected chi connectivity index (χ2v) is 20.2. The fourth-order valence-corrected chi connectivity index (χ4v) is 12.8. The van der Waals surface area contributed by atoms with E-state index >= 15 is 0 Å². The van der Waals surface area contributed by atoms with Crippen LogP contribution in [0.4, 0.5) is 0 Å². The molecule has 5 aliphatic rings.